The smallest absolute Gasteiger partial charge is 0.242 e. The van der Waals surface area contributed by atoms with Crippen LogP contribution < -0.4 is 10.5 Å². The van der Waals surface area contributed by atoms with Crippen LogP contribution in [0.5, 0.6) is 0 Å². The summed E-state index contributed by atoms with van der Waals surface area (Å²) >= 11 is 6.01. The quantitative estimate of drug-likeness (QED) is 0.890. The monoisotopic (exact) mass is 288 g/mol. The second-order valence-electron chi connectivity index (χ2n) is 4.99. The lowest BCUT2D eigenvalue weighted by Crippen LogP contribution is -2.50. The molecule has 100 valence electrons. The Bertz CT molecular complexity index is 553. The van der Waals surface area contributed by atoms with Gasteiger partial charge in [0, 0.05) is 12.1 Å². The second kappa shape index (κ2) is 4.81. The molecular weight excluding hydrogens is 272 g/mol. The molecule has 1 aliphatic rings. The van der Waals surface area contributed by atoms with Gasteiger partial charge in [-0.05, 0) is 43.9 Å². The standard InChI is InChI=1S/C12H17ClN2O2S/c1-12(5-2-6-12)15-18(16,17)11-4-3-9(8-14)7-10(11)13/h3-4,7,15H,2,5-6,8,14H2,1H3. The van der Waals surface area contributed by atoms with Gasteiger partial charge in [-0.2, -0.15) is 0 Å². The normalized spacial score (nSPS) is 18.4. The maximum Gasteiger partial charge on any atom is 0.242 e. The summed E-state index contributed by atoms with van der Waals surface area (Å²) in [5, 5.41) is 0.216. The lowest BCUT2D eigenvalue weighted by atomic mass is 9.80. The van der Waals surface area contributed by atoms with E-state index in [1.54, 1.807) is 12.1 Å². The molecule has 0 bridgehead atoms. The highest BCUT2D eigenvalue weighted by atomic mass is 35.5. The molecule has 0 unspecified atom stereocenters. The summed E-state index contributed by atoms with van der Waals surface area (Å²) in [7, 11) is -3.56. The Morgan fingerprint density at radius 2 is 2.11 bits per heavy atom. The summed E-state index contributed by atoms with van der Waals surface area (Å²) in [5.41, 5.74) is 5.98. The highest BCUT2D eigenvalue weighted by molar-refractivity contribution is 7.89. The fourth-order valence-electron chi connectivity index (χ4n) is 2.08. The van der Waals surface area contributed by atoms with E-state index in [4.69, 9.17) is 17.3 Å². The molecule has 18 heavy (non-hydrogen) atoms. The maximum absolute atomic E-state index is 12.2. The second-order valence-corrected chi connectivity index (χ2v) is 7.05. The number of halogens is 1. The van der Waals surface area contributed by atoms with Gasteiger partial charge >= 0.3 is 0 Å². The zero-order valence-corrected chi connectivity index (χ0v) is 11.8. The van der Waals surface area contributed by atoms with Crippen molar-refractivity contribution in [3.05, 3.63) is 28.8 Å². The summed E-state index contributed by atoms with van der Waals surface area (Å²) in [6.45, 7) is 2.25. The number of nitrogens with one attached hydrogen (secondary N) is 1. The molecule has 1 aromatic carbocycles. The molecule has 0 heterocycles. The van der Waals surface area contributed by atoms with E-state index in [9.17, 15) is 8.42 Å². The molecule has 0 spiro atoms. The molecule has 0 radical (unpaired) electrons. The third-order valence-electron chi connectivity index (χ3n) is 3.36. The van der Waals surface area contributed by atoms with Crippen LogP contribution in [0.3, 0.4) is 0 Å². The van der Waals surface area contributed by atoms with Crippen molar-refractivity contribution in [1.82, 2.24) is 4.72 Å². The van der Waals surface area contributed by atoms with Gasteiger partial charge < -0.3 is 5.73 Å². The molecule has 2 rings (SSSR count). The molecular formula is C12H17ClN2O2S. The molecule has 3 N–H and O–H groups in total. The van der Waals surface area contributed by atoms with Crippen molar-refractivity contribution < 1.29 is 8.42 Å². The first kappa shape index (κ1) is 13.8. The van der Waals surface area contributed by atoms with Crippen molar-refractivity contribution in [3.63, 3.8) is 0 Å². The molecule has 1 saturated carbocycles. The zero-order valence-electron chi connectivity index (χ0n) is 10.2. The number of sulfonamides is 1. The fourth-order valence-corrected chi connectivity index (χ4v) is 4.11. The largest absolute Gasteiger partial charge is 0.326 e. The van der Waals surface area contributed by atoms with Gasteiger partial charge in [0.1, 0.15) is 4.90 Å². The number of hydrogen-bond donors (Lipinski definition) is 2. The Morgan fingerprint density at radius 3 is 2.56 bits per heavy atom. The third-order valence-corrected chi connectivity index (χ3v) is 5.48. The summed E-state index contributed by atoms with van der Waals surface area (Å²) in [6, 6.07) is 4.79. The van der Waals surface area contributed by atoms with Gasteiger partial charge in [0.15, 0.2) is 0 Å². The Labute approximate surface area is 113 Å². The van der Waals surface area contributed by atoms with E-state index in [0.717, 1.165) is 24.8 Å². The van der Waals surface area contributed by atoms with Crippen LogP contribution in [0.4, 0.5) is 0 Å². The Kier molecular flexibility index (Phi) is 3.69. The van der Waals surface area contributed by atoms with E-state index in [0.29, 0.717) is 6.54 Å². The molecule has 0 amide bonds. The molecule has 1 aromatic rings. The van der Waals surface area contributed by atoms with Crippen molar-refractivity contribution in [2.45, 2.75) is 43.2 Å². The first-order valence-electron chi connectivity index (χ1n) is 5.89. The summed E-state index contributed by atoms with van der Waals surface area (Å²) < 4.78 is 27.2. The van der Waals surface area contributed by atoms with Crippen LogP contribution in [0.2, 0.25) is 5.02 Å². The van der Waals surface area contributed by atoms with Crippen LogP contribution in [-0.2, 0) is 16.6 Å². The molecule has 4 nitrogen and oxygen atoms in total. The van der Waals surface area contributed by atoms with Gasteiger partial charge in [-0.25, -0.2) is 13.1 Å². The number of hydrogen-bond acceptors (Lipinski definition) is 3. The van der Waals surface area contributed by atoms with E-state index >= 15 is 0 Å². The number of nitrogens with two attached hydrogens (primary N) is 1. The average Bonchev–Trinajstić information content (AvgIpc) is 2.25. The molecule has 0 atom stereocenters. The van der Waals surface area contributed by atoms with Gasteiger partial charge in [-0.1, -0.05) is 17.7 Å². The van der Waals surface area contributed by atoms with Gasteiger partial charge in [0.2, 0.25) is 10.0 Å². The number of rotatable bonds is 4. The van der Waals surface area contributed by atoms with E-state index in [-0.39, 0.29) is 15.5 Å². The van der Waals surface area contributed by atoms with Gasteiger partial charge in [-0.3, -0.25) is 0 Å². The SMILES string of the molecule is CC1(NS(=O)(=O)c2ccc(CN)cc2Cl)CCC1. The fraction of sp³-hybridized carbons (Fsp3) is 0.500. The predicted octanol–water partition coefficient (Wildman–Crippen LogP) is 2.02. The van der Waals surface area contributed by atoms with Crippen LogP contribution in [0.25, 0.3) is 0 Å². The highest BCUT2D eigenvalue weighted by Gasteiger charge is 2.36. The first-order valence-corrected chi connectivity index (χ1v) is 7.75. The maximum atomic E-state index is 12.2. The van der Waals surface area contributed by atoms with Gasteiger partial charge in [0.05, 0.1) is 5.02 Å². The molecule has 0 saturated heterocycles. The van der Waals surface area contributed by atoms with Gasteiger partial charge in [0.25, 0.3) is 0 Å². The van der Waals surface area contributed by atoms with Crippen LogP contribution in [0, 0.1) is 0 Å². The average molecular weight is 289 g/mol. The zero-order chi connectivity index (χ0) is 13.4. The predicted molar refractivity (Wildman–Crippen MR) is 71.9 cm³/mol. The summed E-state index contributed by atoms with van der Waals surface area (Å²) in [4.78, 5) is 0.120. The molecule has 1 fully saturated rings. The lowest BCUT2D eigenvalue weighted by Gasteiger charge is -2.38. The van der Waals surface area contributed by atoms with Gasteiger partial charge in [-0.15, -0.1) is 0 Å². The minimum Gasteiger partial charge on any atom is -0.326 e. The first-order chi connectivity index (χ1) is 8.36. The van der Waals surface area contributed by atoms with Crippen molar-refractivity contribution in [1.29, 1.82) is 0 Å². The van der Waals surface area contributed by atoms with Crippen LogP contribution in [-0.4, -0.2) is 14.0 Å². The minimum absolute atomic E-state index is 0.120. The van der Waals surface area contributed by atoms with E-state index in [1.807, 2.05) is 6.92 Å². The van der Waals surface area contributed by atoms with Crippen molar-refractivity contribution in [2.75, 3.05) is 0 Å². The summed E-state index contributed by atoms with van der Waals surface area (Å²) in [6.07, 6.45) is 2.79. The van der Waals surface area contributed by atoms with E-state index in [1.165, 1.54) is 6.07 Å². The van der Waals surface area contributed by atoms with Crippen molar-refractivity contribution >= 4 is 21.6 Å². The topological polar surface area (TPSA) is 72.2 Å². The Hall–Kier alpha value is -0.620. The lowest BCUT2D eigenvalue weighted by molar-refractivity contribution is 0.248. The van der Waals surface area contributed by atoms with Crippen molar-refractivity contribution in [2.24, 2.45) is 5.73 Å². The summed E-state index contributed by atoms with van der Waals surface area (Å²) in [5.74, 6) is 0. The van der Waals surface area contributed by atoms with E-state index < -0.39 is 10.0 Å². The molecule has 0 aliphatic heterocycles. The molecule has 1 aliphatic carbocycles. The van der Waals surface area contributed by atoms with Crippen LogP contribution >= 0.6 is 11.6 Å². The van der Waals surface area contributed by atoms with Crippen LogP contribution in [0.1, 0.15) is 31.7 Å². The third kappa shape index (κ3) is 2.69. The Balaban J connectivity index is 2.29. The van der Waals surface area contributed by atoms with Crippen LogP contribution in [0.15, 0.2) is 23.1 Å². The van der Waals surface area contributed by atoms with E-state index in [2.05, 4.69) is 4.72 Å². The molecule has 6 heteroatoms. The minimum atomic E-state index is -3.56. The highest BCUT2D eigenvalue weighted by Crippen LogP contribution is 2.33. The molecule has 0 aromatic heterocycles. The van der Waals surface area contributed by atoms with Crippen molar-refractivity contribution in [3.8, 4) is 0 Å². The Morgan fingerprint density at radius 1 is 1.44 bits per heavy atom. The number of benzene rings is 1.